The van der Waals surface area contributed by atoms with Crippen LogP contribution in [0.15, 0.2) is 16.3 Å². The number of hydrogen-bond acceptors (Lipinski definition) is 8. The molecule has 2 heterocycles. The SMILES string of the molecule is [C-]#[N+]c1nc(N=Nc2c(C)cc(NCC(C)O)nc2NCC(C)O)n(CCCCCCCC)c1[N+]#[C-]. The van der Waals surface area contributed by atoms with Crippen molar-refractivity contribution in [3.05, 3.63) is 34.5 Å². The first-order valence-corrected chi connectivity index (χ1v) is 12.4. The number of imidazole rings is 1. The summed E-state index contributed by atoms with van der Waals surface area (Å²) in [5, 5.41) is 34.2. The topological polar surface area (TPSA) is 129 Å². The molecule has 11 heteroatoms. The lowest BCUT2D eigenvalue weighted by molar-refractivity contribution is 0.208. The Morgan fingerprint density at radius 1 is 0.972 bits per heavy atom. The smallest absolute Gasteiger partial charge is 0.392 e. The third kappa shape index (κ3) is 8.59. The molecule has 2 atom stereocenters. The number of aromatic nitrogens is 3. The summed E-state index contributed by atoms with van der Waals surface area (Å²) < 4.78 is 1.66. The van der Waals surface area contributed by atoms with E-state index in [2.05, 4.69) is 47.4 Å². The lowest BCUT2D eigenvalue weighted by Gasteiger charge is -2.14. The molecule has 0 amide bonds. The van der Waals surface area contributed by atoms with Crippen molar-refractivity contribution < 1.29 is 10.2 Å². The molecule has 0 aliphatic heterocycles. The largest absolute Gasteiger partial charge is 0.416 e. The number of aliphatic hydroxyl groups is 2. The van der Waals surface area contributed by atoms with Gasteiger partial charge >= 0.3 is 5.95 Å². The zero-order valence-corrected chi connectivity index (χ0v) is 21.6. The molecule has 0 spiro atoms. The lowest BCUT2D eigenvalue weighted by Crippen LogP contribution is -2.18. The number of rotatable bonds is 15. The van der Waals surface area contributed by atoms with E-state index in [1.807, 2.05) is 6.92 Å². The Morgan fingerprint density at radius 2 is 1.64 bits per heavy atom. The maximum Gasteiger partial charge on any atom is 0.416 e. The molecule has 36 heavy (non-hydrogen) atoms. The first-order chi connectivity index (χ1) is 17.3. The molecule has 194 valence electrons. The Bertz CT molecular complexity index is 1090. The zero-order chi connectivity index (χ0) is 26.5. The minimum Gasteiger partial charge on any atom is -0.392 e. The average molecular weight is 496 g/mol. The van der Waals surface area contributed by atoms with Gasteiger partial charge in [-0.25, -0.2) is 9.55 Å². The summed E-state index contributed by atoms with van der Waals surface area (Å²) in [5.74, 6) is 1.36. The molecule has 0 saturated heterocycles. The van der Waals surface area contributed by atoms with Crippen LogP contribution in [-0.4, -0.2) is 50.0 Å². The van der Waals surface area contributed by atoms with Gasteiger partial charge in [0.25, 0.3) is 11.6 Å². The zero-order valence-electron chi connectivity index (χ0n) is 21.6. The van der Waals surface area contributed by atoms with Crippen LogP contribution in [0.1, 0.15) is 64.9 Å². The number of unbranched alkanes of at least 4 members (excludes halogenated alkanes) is 5. The van der Waals surface area contributed by atoms with E-state index < -0.39 is 12.2 Å². The van der Waals surface area contributed by atoms with E-state index in [0.717, 1.165) is 24.8 Å². The molecule has 11 nitrogen and oxygen atoms in total. The van der Waals surface area contributed by atoms with Gasteiger partial charge in [0.15, 0.2) is 5.82 Å². The highest BCUT2D eigenvalue weighted by Gasteiger charge is 2.22. The van der Waals surface area contributed by atoms with E-state index >= 15 is 0 Å². The van der Waals surface area contributed by atoms with E-state index in [0.29, 0.717) is 30.4 Å². The highest BCUT2D eigenvalue weighted by molar-refractivity contribution is 5.69. The van der Waals surface area contributed by atoms with Crippen LogP contribution >= 0.6 is 0 Å². The Morgan fingerprint density at radius 3 is 2.28 bits per heavy atom. The summed E-state index contributed by atoms with van der Waals surface area (Å²) in [5.41, 5.74) is 1.22. The first kappa shape index (κ1) is 28.7. The predicted octanol–water partition coefficient (Wildman–Crippen LogP) is 6.05. The van der Waals surface area contributed by atoms with Crippen molar-refractivity contribution >= 4 is 34.9 Å². The van der Waals surface area contributed by atoms with Gasteiger partial charge in [-0.05, 0) is 45.2 Å². The van der Waals surface area contributed by atoms with Gasteiger partial charge < -0.3 is 30.5 Å². The lowest BCUT2D eigenvalue weighted by atomic mass is 10.1. The molecule has 0 aliphatic carbocycles. The van der Waals surface area contributed by atoms with Gasteiger partial charge in [0.2, 0.25) is 0 Å². The number of nitrogens with zero attached hydrogens (tertiary/aromatic N) is 7. The van der Waals surface area contributed by atoms with Crippen molar-refractivity contribution in [3.63, 3.8) is 0 Å². The predicted molar refractivity (Wildman–Crippen MR) is 142 cm³/mol. The fourth-order valence-electron chi connectivity index (χ4n) is 3.54. The van der Waals surface area contributed by atoms with Gasteiger partial charge in [0.05, 0.1) is 18.8 Å². The molecule has 2 aromatic heterocycles. The van der Waals surface area contributed by atoms with Crippen LogP contribution in [0.25, 0.3) is 9.69 Å². The number of pyridine rings is 1. The Labute approximate surface area is 213 Å². The van der Waals surface area contributed by atoms with Gasteiger partial charge in [0.1, 0.15) is 11.5 Å². The number of nitrogens with one attached hydrogen (secondary N) is 2. The van der Waals surface area contributed by atoms with E-state index in [4.69, 9.17) is 13.1 Å². The number of hydrogen-bond donors (Lipinski definition) is 4. The highest BCUT2D eigenvalue weighted by atomic mass is 16.3. The second kappa shape index (κ2) is 14.8. The summed E-state index contributed by atoms with van der Waals surface area (Å²) in [6.07, 6.45) is 5.44. The molecular formula is C25H37N9O2. The van der Waals surface area contributed by atoms with Gasteiger partial charge in [-0.1, -0.05) is 55.8 Å². The Kier molecular flexibility index (Phi) is 11.8. The molecule has 2 rings (SSSR count). The fraction of sp³-hybridized carbons (Fsp3) is 0.600. The van der Waals surface area contributed by atoms with Crippen molar-refractivity contribution in [3.8, 4) is 0 Å². The van der Waals surface area contributed by atoms with Crippen molar-refractivity contribution in [2.45, 2.75) is 85.0 Å². The molecule has 0 aliphatic rings. The standard InChI is InChI=1S/C25H37N9O2/c1-7-8-9-10-11-12-13-34-24(27-6)23(26-5)31-25(34)33-32-21-17(2)14-20(28-15-18(3)35)30-22(21)29-16-19(4)36/h14,18-19,35-36H,7-13,15-16H2,1-4H3,(H2,28,29,30). The number of azo groups is 1. The first-order valence-electron chi connectivity index (χ1n) is 12.4. The number of anilines is 2. The second-order valence-corrected chi connectivity index (χ2v) is 8.88. The van der Waals surface area contributed by atoms with Gasteiger partial charge in [-0.15, -0.1) is 5.11 Å². The van der Waals surface area contributed by atoms with Crippen LogP contribution in [0.2, 0.25) is 0 Å². The second-order valence-electron chi connectivity index (χ2n) is 8.88. The van der Waals surface area contributed by atoms with Gasteiger partial charge in [-0.2, -0.15) is 0 Å². The van der Waals surface area contributed by atoms with Crippen LogP contribution in [0.4, 0.5) is 34.9 Å². The monoisotopic (exact) mass is 495 g/mol. The van der Waals surface area contributed by atoms with Crippen LogP contribution < -0.4 is 10.6 Å². The maximum atomic E-state index is 9.74. The van der Waals surface area contributed by atoms with Crippen LogP contribution in [0.5, 0.6) is 0 Å². The molecular weight excluding hydrogens is 458 g/mol. The minimum atomic E-state index is -0.607. The van der Waals surface area contributed by atoms with Crippen molar-refractivity contribution in [1.29, 1.82) is 0 Å². The Hall–Kier alpha value is -3.54. The van der Waals surface area contributed by atoms with Crippen LogP contribution in [0, 0.1) is 20.1 Å². The third-order valence-electron chi connectivity index (χ3n) is 5.42. The minimum absolute atomic E-state index is 0.0184. The van der Waals surface area contributed by atoms with Crippen LogP contribution in [0.3, 0.4) is 0 Å². The molecule has 2 unspecified atom stereocenters. The van der Waals surface area contributed by atoms with Crippen LogP contribution in [-0.2, 0) is 6.54 Å². The summed E-state index contributed by atoms with van der Waals surface area (Å²) in [6, 6.07) is 1.79. The van der Waals surface area contributed by atoms with Crippen molar-refractivity contribution in [2.75, 3.05) is 23.7 Å². The molecule has 0 saturated carbocycles. The normalized spacial score (nSPS) is 12.8. The highest BCUT2D eigenvalue weighted by Crippen LogP contribution is 2.36. The van der Waals surface area contributed by atoms with Crippen molar-refractivity contribution in [2.24, 2.45) is 10.2 Å². The maximum absolute atomic E-state index is 9.74. The molecule has 0 radical (unpaired) electrons. The van der Waals surface area contributed by atoms with Gasteiger partial charge in [0, 0.05) is 13.1 Å². The van der Waals surface area contributed by atoms with E-state index in [1.165, 1.54) is 19.3 Å². The molecule has 4 N–H and O–H groups in total. The van der Waals surface area contributed by atoms with E-state index in [-0.39, 0.29) is 24.1 Å². The molecule has 0 aromatic carbocycles. The molecule has 0 bridgehead atoms. The number of aryl methyl sites for hydroxylation is 1. The summed E-state index contributed by atoms with van der Waals surface area (Å²) in [7, 11) is 0. The summed E-state index contributed by atoms with van der Waals surface area (Å²) >= 11 is 0. The summed E-state index contributed by atoms with van der Waals surface area (Å²) in [6.45, 7) is 23.4. The van der Waals surface area contributed by atoms with E-state index in [1.54, 1.807) is 24.5 Å². The fourth-order valence-corrected chi connectivity index (χ4v) is 3.54. The quantitative estimate of drug-likeness (QED) is 0.135. The molecule has 2 aromatic rings. The average Bonchev–Trinajstić information content (AvgIpc) is 3.19. The van der Waals surface area contributed by atoms with Crippen molar-refractivity contribution in [1.82, 2.24) is 14.5 Å². The Balaban J connectivity index is 2.35. The summed E-state index contributed by atoms with van der Waals surface area (Å²) in [4.78, 5) is 15.7. The molecule has 0 fully saturated rings. The van der Waals surface area contributed by atoms with E-state index in [9.17, 15) is 10.2 Å². The number of aliphatic hydroxyl groups excluding tert-OH is 2. The van der Waals surface area contributed by atoms with Gasteiger partial charge in [-0.3, -0.25) is 0 Å². The third-order valence-corrected chi connectivity index (χ3v) is 5.42.